The van der Waals surface area contributed by atoms with Crippen molar-refractivity contribution < 1.29 is 17.9 Å². The molecule has 0 aromatic heterocycles. The lowest BCUT2D eigenvalue weighted by atomic mass is 10.2. The van der Waals surface area contributed by atoms with Crippen LogP contribution in [0.4, 0.5) is 0 Å². The number of hydrogen-bond acceptors (Lipinski definition) is 4. The maximum Gasteiger partial charge on any atom is 0.183 e. The zero-order valence-electron chi connectivity index (χ0n) is 12.0. The molecule has 0 N–H and O–H groups in total. The molecule has 108 valence electrons. The van der Waals surface area contributed by atoms with Crippen LogP contribution in [-0.4, -0.2) is 33.7 Å². The second-order valence-corrected chi connectivity index (χ2v) is 6.39. The van der Waals surface area contributed by atoms with E-state index < -0.39 is 16.1 Å². The summed E-state index contributed by atoms with van der Waals surface area (Å²) in [7, 11) is -3.41. The van der Waals surface area contributed by atoms with E-state index in [4.69, 9.17) is 9.47 Å². The predicted octanol–water partition coefficient (Wildman–Crippen LogP) is 2.48. The molecule has 0 fully saturated rings. The Balaban J connectivity index is 2.99. The molecule has 1 aromatic carbocycles. The Morgan fingerprint density at radius 1 is 1.11 bits per heavy atom. The summed E-state index contributed by atoms with van der Waals surface area (Å²) in [5.41, 5.74) is 1.67. The zero-order valence-corrected chi connectivity index (χ0v) is 12.8. The first-order chi connectivity index (χ1) is 8.90. The van der Waals surface area contributed by atoms with Crippen LogP contribution in [-0.2, 0) is 19.3 Å². The van der Waals surface area contributed by atoms with Gasteiger partial charge >= 0.3 is 0 Å². The lowest BCUT2D eigenvalue weighted by Crippen LogP contribution is -2.27. The van der Waals surface area contributed by atoms with Crippen LogP contribution in [0.1, 0.15) is 25.0 Å². The van der Waals surface area contributed by atoms with Gasteiger partial charge in [0, 0.05) is 13.2 Å². The van der Waals surface area contributed by atoms with Crippen LogP contribution in [0.25, 0.3) is 0 Å². The molecule has 0 heterocycles. The molecule has 0 saturated heterocycles. The van der Waals surface area contributed by atoms with Gasteiger partial charge in [-0.25, -0.2) is 8.42 Å². The molecule has 4 nitrogen and oxygen atoms in total. The van der Waals surface area contributed by atoms with E-state index in [-0.39, 0.29) is 5.75 Å². The molecular formula is C14H22O4S. The first-order valence-corrected chi connectivity index (χ1v) is 8.09. The van der Waals surface area contributed by atoms with E-state index in [0.29, 0.717) is 18.1 Å². The Hall–Kier alpha value is -0.910. The van der Waals surface area contributed by atoms with E-state index >= 15 is 0 Å². The minimum atomic E-state index is -3.41. The zero-order chi connectivity index (χ0) is 14.5. The van der Waals surface area contributed by atoms with Crippen molar-refractivity contribution in [1.82, 2.24) is 0 Å². The van der Waals surface area contributed by atoms with Crippen molar-refractivity contribution in [3.63, 3.8) is 0 Å². The molecule has 0 aliphatic rings. The molecule has 1 aromatic rings. The third-order valence-corrected chi connectivity index (χ3v) is 4.56. The Bertz CT molecular complexity index is 502. The summed E-state index contributed by atoms with van der Waals surface area (Å²) in [4.78, 5) is 0.358. The van der Waals surface area contributed by atoms with E-state index in [2.05, 4.69) is 0 Å². The van der Waals surface area contributed by atoms with E-state index in [1.54, 1.807) is 13.0 Å². The molecule has 0 aliphatic heterocycles. The Kier molecular flexibility index (Phi) is 5.97. The number of hydrogen-bond donors (Lipinski definition) is 0. The van der Waals surface area contributed by atoms with Crippen LogP contribution >= 0.6 is 0 Å². The predicted molar refractivity (Wildman–Crippen MR) is 75.0 cm³/mol. The van der Waals surface area contributed by atoms with Gasteiger partial charge in [-0.1, -0.05) is 12.1 Å². The Morgan fingerprint density at radius 2 is 1.68 bits per heavy atom. The first-order valence-electron chi connectivity index (χ1n) is 6.44. The highest BCUT2D eigenvalue weighted by Crippen LogP contribution is 2.19. The average molecular weight is 286 g/mol. The van der Waals surface area contributed by atoms with Gasteiger partial charge < -0.3 is 9.47 Å². The molecule has 0 saturated carbocycles. The molecular weight excluding hydrogens is 264 g/mol. The SMILES string of the molecule is CCOC(CS(=O)(=O)c1cc(C)ccc1C)OCC. The van der Waals surface area contributed by atoms with Crippen molar-refractivity contribution in [2.45, 2.75) is 38.9 Å². The van der Waals surface area contributed by atoms with Crippen molar-refractivity contribution in [2.24, 2.45) is 0 Å². The number of benzene rings is 1. The van der Waals surface area contributed by atoms with Gasteiger partial charge in [0.15, 0.2) is 16.1 Å². The molecule has 0 radical (unpaired) electrons. The van der Waals surface area contributed by atoms with Crippen molar-refractivity contribution in [3.05, 3.63) is 29.3 Å². The number of aryl methyl sites for hydroxylation is 2. The Morgan fingerprint density at radius 3 is 2.21 bits per heavy atom. The lowest BCUT2D eigenvalue weighted by molar-refractivity contribution is -0.120. The molecule has 0 aliphatic carbocycles. The number of ether oxygens (including phenoxy) is 2. The average Bonchev–Trinajstić information content (AvgIpc) is 2.32. The Labute approximate surface area is 115 Å². The van der Waals surface area contributed by atoms with Gasteiger partial charge in [-0.15, -0.1) is 0 Å². The van der Waals surface area contributed by atoms with Gasteiger partial charge in [0.05, 0.1) is 4.90 Å². The van der Waals surface area contributed by atoms with E-state index in [1.165, 1.54) is 0 Å². The summed E-state index contributed by atoms with van der Waals surface area (Å²) < 4.78 is 35.4. The molecule has 1 rings (SSSR count). The highest BCUT2D eigenvalue weighted by atomic mass is 32.2. The van der Waals surface area contributed by atoms with Crippen LogP contribution in [0.2, 0.25) is 0 Å². The fraction of sp³-hybridized carbons (Fsp3) is 0.571. The molecule has 5 heteroatoms. The first kappa shape index (κ1) is 16.1. The van der Waals surface area contributed by atoms with Gasteiger partial charge in [0.25, 0.3) is 0 Å². The second kappa shape index (κ2) is 7.03. The normalized spacial score (nSPS) is 12.1. The minimum Gasteiger partial charge on any atom is -0.352 e. The molecule has 0 amide bonds. The van der Waals surface area contributed by atoms with Crippen LogP contribution in [0.15, 0.2) is 23.1 Å². The van der Waals surface area contributed by atoms with Gasteiger partial charge in [-0.3, -0.25) is 0 Å². The quantitative estimate of drug-likeness (QED) is 0.723. The monoisotopic (exact) mass is 286 g/mol. The van der Waals surface area contributed by atoms with Gasteiger partial charge in [0.2, 0.25) is 0 Å². The number of sulfone groups is 1. The molecule has 0 unspecified atom stereocenters. The van der Waals surface area contributed by atoms with Crippen LogP contribution in [0.5, 0.6) is 0 Å². The van der Waals surface area contributed by atoms with Gasteiger partial charge in [-0.2, -0.15) is 0 Å². The summed E-state index contributed by atoms with van der Waals surface area (Å²) in [6.07, 6.45) is -0.708. The molecule has 0 spiro atoms. The third kappa shape index (κ3) is 4.60. The van der Waals surface area contributed by atoms with Crippen molar-refractivity contribution >= 4 is 9.84 Å². The largest absolute Gasteiger partial charge is 0.352 e. The summed E-state index contributed by atoms with van der Waals surface area (Å²) in [6.45, 7) is 8.15. The number of rotatable bonds is 7. The molecule has 19 heavy (non-hydrogen) atoms. The van der Waals surface area contributed by atoms with Crippen molar-refractivity contribution in [2.75, 3.05) is 19.0 Å². The second-order valence-electron chi connectivity index (χ2n) is 4.39. The van der Waals surface area contributed by atoms with Gasteiger partial charge in [0.1, 0.15) is 5.75 Å². The topological polar surface area (TPSA) is 52.6 Å². The highest BCUT2D eigenvalue weighted by Gasteiger charge is 2.23. The minimum absolute atomic E-state index is 0.154. The third-order valence-electron chi connectivity index (χ3n) is 2.74. The van der Waals surface area contributed by atoms with E-state index in [0.717, 1.165) is 11.1 Å². The summed E-state index contributed by atoms with van der Waals surface area (Å²) >= 11 is 0. The maximum atomic E-state index is 12.4. The summed E-state index contributed by atoms with van der Waals surface area (Å²) in [6, 6.07) is 5.41. The lowest BCUT2D eigenvalue weighted by Gasteiger charge is -2.17. The van der Waals surface area contributed by atoms with Gasteiger partial charge in [-0.05, 0) is 44.9 Å². The summed E-state index contributed by atoms with van der Waals surface area (Å²) in [5, 5.41) is 0. The molecule has 0 bridgehead atoms. The van der Waals surface area contributed by atoms with Crippen LogP contribution in [0, 0.1) is 13.8 Å². The molecule has 0 atom stereocenters. The smallest absolute Gasteiger partial charge is 0.183 e. The van der Waals surface area contributed by atoms with Crippen LogP contribution in [0.3, 0.4) is 0 Å². The van der Waals surface area contributed by atoms with Crippen molar-refractivity contribution in [1.29, 1.82) is 0 Å². The summed E-state index contributed by atoms with van der Waals surface area (Å²) in [5.74, 6) is -0.154. The fourth-order valence-electron chi connectivity index (χ4n) is 1.83. The highest BCUT2D eigenvalue weighted by molar-refractivity contribution is 7.91. The maximum absolute atomic E-state index is 12.4. The fourth-order valence-corrected chi connectivity index (χ4v) is 3.48. The van der Waals surface area contributed by atoms with E-state index in [9.17, 15) is 8.42 Å². The van der Waals surface area contributed by atoms with E-state index in [1.807, 2.05) is 32.9 Å². The standard InChI is InChI=1S/C14H22O4S/c1-5-17-14(18-6-2)10-19(15,16)13-9-11(3)7-8-12(13)4/h7-9,14H,5-6,10H2,1-4H3. The van der Waals surface area contributed by atoms with Crippen molar-refractivity contribution in [3.8, 4) is 0 Å². The van der Waals surface area contributed by atoms with Crippen LogP contribution < -0.4 is 0 Å².